The van der Waals surface area contributed by atoms with E-state index in [1.165, 1.54) is 0 Å². The Balaban J connectivity index is 2.79. The van der Waals surface area contributed by atoms with E-state index >= 15 is 0 Å². The molecule has 0 spiro atoms. The van der Waals surface area contributed by atoms with Crippen molar-refractivity contribution in [2.75, 3.05) is 0 Å². The van der Waals surface area contributed by atoms with E-state index in [-0.39, 0.29) is 6.42 Å². The zero-order valence-electron chi connectivity index (χ0n) is 9.08. The van der Waals surface area contributed by atoms with Gasteiger partial charge in [-0.15, -0.1) is 0 Å². The van der Waals surface area contributed by atoms with Crippen molar-refractivity contribution in [3.63, 3.8) is 0 Å². The molecule has 0 bridgehead atoms. The smallest absolute Gasteiger partial charge is 0.303 e. The summed E-state index contributed by atoms with van der Waals surface area (Å²) in [6.45, 7) is 0. The number of aryl methyl sites for hydroxylation is 1. The van der Waals surface area contributed by atoms with Gasteiger partial charge in [0.15, 0.2) is 6.10 Å². The number of aliphatic carboxylic acids is 1. The Hall–Kier alpha value is -1.90. The van der Waals surface area contributed by atoms with E-state index < -0.39 is 18.2 Å². The van der Waals surface area contributed by atoms with Crippen LogP contribution >= 0.6 is 0 Å². The first kappa shape index (κ1) is 13.2. The molecule has 2 unspecified atom stereocenters. The van der Waals surface area contributed by atoms with E-state index in [4.69, 9.17) is 10.4 Å². The van der Waals surface area contributed by atoms with Crippen LogP contribution in [0.4, 0.5) is 0 Å². The van der Waals surface area contributed by atoms with Gasteiger partial charge in [-0.2, -0.15) is 5.26 Å². The van der Waals surface area contributed by atoms with Gasteiger partial charge in [0.25, 0.3) is 0 Å². The molecule has 2 atom stereocenters. The Bertz CT molecular complexity index is 438. The Kier molecular flexibility index (Phi) is 4.64. The molecule has 0 amide bonds. The molecular weight excluding hydrogens is 222 g/mol. The Morgan fingerprint density at radius 1 is 1.41 bits per heavy atom. The number of rotatable bonds is 5. The van der Waals surface area contributed by atoms with Crippen LogP contribution in [-0.2, 0) is 11.2 Å². The third-order valence-electron chi connectivity index (χ3n) is 2.35. The number of aliphatic hydroxyl groups is 2. The Morgan fingerprint density at radius 3 is 2.71 bits per heavy atom. The number of benzene rings is 1. The first-order valence-electron chi connectivity index (χ1n) is 5.11. The Labute approximate surface area is 98.6 Å². The third-order valence-corrected chi connectivity index (χ3v) is 2.35. The largest absolute Gasteiger partial charge is 0.481 e. The van der Waals surface area contributed by atoms with E-state index in [2.05, 4.69) is 0 Å². The number of carbonyl (C=O) groups is 1. The van der Waals surface area contributed by atoms with Gasteiger partial charge in [-0.3, -0.25) is 4.79 Å². The zero-order chi connectivity index (χ0) is 12.8. The van der Waals surface area contributed by atoms with Crippen LogP contribution in [0.3, 0.4) is 0 Å². The SMILES string of the molecule is N#CC(O)C(O)c1cccc(CCC(=O)O)c1. The van der Waals surface area contributed by atoms with Gasteiger partial charge in [0.1, 0.15) is 6.10 Å². The van der Waals surface area contributed by atoms with Crippen LogP contribution < -0.4 is 0 Å². The highest BCUT2D eigenvalue weighted by Gasteiger charge is 2.17. The van der Waals surface area contributed by atoms with Crippen molar-refractivity contribution in [1.29, 1.82) is 5.26 Å². The summed E-state index contributed by atoms with van der Waals surface area (Å²) in [5.74, 6) is -0.895. The molecule has 0 radical (unpaired) electrons. The molecule has 0 aliphatic heterocycles. The number of hydrogen-bond acceptors (Lipinski definition) is 4. The fourth-order valence-electron chi connectivity index (χ4n) is 1.44. The van der Waals surface area contributed by atoms with Gasteiger partial charge in [0.05, 0.1) is 6.07 Å². The molecule has 17 heavy (non-hydrogen) atoms. The number of nitrogens with zero attached hydrogens (tertiary/aromatic N) is 1. The summed E-state index contributed by atoms with van der Waals surface area (Å²) in [6, 6.07) is 8.10. The lowest BCUT2D eigenvalue weighted by molar-refractivity contribution is -0.136. The van der Waals surface area contributed by atoms with Crippen LogP contribution in [0.25, 0.3) is 0 Å². The van der Waals surface area contributed by atoms with Crippen LogP contribution in [0.1, 0.15) is 23.7 Å². The van der Waals surface area contributed by atoms with Gasteiger partial charge in [-0.25, -0.2) is 0 Å². The lowest BCUT2D eigenvalue weighted by Crippen LogP contribution is -2.15. The van der Waals surface area contributed by atoms with Crippen molar-refractivity contribution < 1.29 is 20.1 Å². The maximum atomic E-state index is 10.4. The highest BCUT2D eigenvalue weighted by molar-refractivity contribution is 5.67. The number of nitriles is 1. The molecule has 0 fully saturated rings. The van der Waals surface area contributed by atoms with Crippen molar-refractivity contribution in [3.8, 4) is 6.07 Å². The van der Waals surface area contributed by atoms with Gasteiger partial charge in [0, 0.05) is 6.42 Å². The zero-order valence-corrected chi connectivity index (χ0v) is 9.08. The van der Waals surface area contributed by atoms with E-state index in [1.807, 2.05) is 0 Å². The normalized spacial score (nSPS) is 13.7. The highest BCUT2D eigenvalue weighted by atomic mass is 16.4. The summed E-state index contributed by atoms with van der Waals surface area (Å²) in [4.78, 5) is 10.4. The van der Waals surface area contributed by atoms with E-state index in [0.29, 0.717) is 12.0 Å². The van der Waals surface area contributed by atoms with Gasteiger partial charge in [-0.05, 0) is 17.5 Å². The first-order chi connectivity index (χ1) is 8.04. The van der Waals surface area contributed by atoms with Crippen molar-refractivity contribution in [2.45, 2.75) is 25.0 Å². The van der Waals surface area contributed by atoms with Crippen LogP contribution in [0.2, 0.25) is 0 Å². The molecule has 0 saturated heterocycles. The van der Waals surface area contributed by atoms with Crippen LogP contribution in [0.15, 0.2) is 24.3 Å². The Morgan fingerprint density at radius 2 is 2.12 bits per heavy atom. The minimum absolute atomic E-state index is 0.000349. The molecule has 1 aromatic rings. The fourth-order valence-corrected chi connectivity index (χ4v) is 1.44. The van der Waals surface area contributed by atoms with Crippen LogP contribution in [0.5, 0.6) is 0 Å². The van der Waals surface area contributed by atoms with Crippen LogP contribution in [-0.4, -0.2) is 27.4 Å². The lowest BCUT2D eigenvalue weighted by Gasteiger charge is -2.12. The number of aliphatic hydroxyl groups excluding tert-OH is 2. The number of carboxylic acid groups (broad SMARTS) is 1. The molecule has 5 heteroatoms. The predicted molar refractivity (Wildman–Crippen MR) is 59.0 cm³/mol. The lowest BCUT2D eigenvalue weighted by atomic mass is 10.0. The van der Waals surface area contributed by atoms with Gasteiger partial charge in [0.2, 0.25) is 0 Å². The summed E-state index contributed by atoms with van der Waals surface area (Å²) in [5, 5.41) is 35.8. The molecule has 0 aliphatic carbocycles. The summed E-state index contributed by atoms with van der Waals surface area (Å²) < 4.78 is 0. The van der Waals surface area contributed by atoms with Gasteiger partial charge < -0.3 is 15.3 Å². The van der Waals surface area contributed by atoms with Crippen molar-refractivity contribution >= 4 is 5.97 Å². The molecule has 0 heterocycles. The third kappa shape index (κ3) is 3.87. The molecule has 90 valence electrons. The average Bonchev–Trinajstić information content (AvgIpc) is 2.34. The molecule has 5 nitrogen and oxygen atoms in total. The molecular formula is C12H13NO4. The maximum absolute atomic E-state index is 10.4. The first-order valence-corrected chi connectivity index (χ1v) is 5.11. The standard InChI is InChI=1S/C12H13NO4/c13-7-10(14)12(17)9-3-1-2-8(6-9)4-5-11(15)16/h1-3,6,10,12,14,17H,4-5H2,(H,15,16). The summed E-state index contributed by atoms with van der Waals surface area (Å²) in [5.41, 5.74) is 1.15. The van der Waals surface area contributed by atoms with Crippen molar-refractivity contribution in [2.24, 2.45) is 0 Å². The minimum atomic E-state index is -1.48. The van der Waals surface area contributed by atoms with E-state index in [9.17, 15) is 15.0 Å². The quantitative estimate of drug-likeness (QED) is 0.649. The number of hydrogen-bond donors (Lipinski definition) is 3. The second-order valence-electron chi connectivity index (χ2n) is 3.66. The fraction of sp³-hybridized carbons (Fsp3) is 0.333. The topological polar surface area (TPSA) is 102 Å². The molecule has 1 rings (SSSR count). The van der Waals surface area contributed by atoms with Crippen LogP contribution in [0, 0.1) is 11.3 Å². The minimum Gasteiger partial charge on any atom is -0.481 e. The highest BCUT2D eigenvalue weighted by Crippen LogP contribution is 2.18. The van der Waals surface area contributed by atoms with Gasteiger partial charge in [-0.1, -0.05) is 24.3 Å². The molecule has 0 saturated carbocycles. The van der Waals surface area contributed by atoms with E-state index in [0.717, 1.165) is 5.56 Å². The average molecular weight is 235 g/mol. The summed E-state index contributed by atoms with van der Waals surface area (Å²) in [7, 11) is 0. The molecule has 0 aromatic heterocycles. The molecule has 0 aliphatic rings. The second kappa shape index (κ2) is 5.99. The van der Waals surface area contributed by atoms with Gasteiger partial charge >= 0.3 is 5.97 Å². The maximum Gasteiger partial charge on any atom is 0.303 e. The molecule has 3 N–H and O–H groups in total. The summed E-state index contributed by atoms with van der Waals surface area (Å²) in [6.07, 6.45) is -2.41. The second-order valence-corrected chi connectivity index (χ2v) is 3.66. The monoisotopic (exact) mass is 235 g/mol. The van der Waals surface area contributed by atoms with Crippen molar-refractivity contribution in [3.05, 3.63) is 35.4 Å². The van der Waals surface area contributed by atoms with E-state index in [1.54, 1.807) is 30.3 Å². The van der Waals surface area contributed by atoms with Crippen molar-refractivity contribution in [1.82, 2.24) is 0 Å². The number of carboxylic acids is 1. The molecule has 1 aromatic carbocycles. The predicted octanol–water partition coefficient (Wildman–Crippen LogP) is 0.622. The summed E-state index contributed by atoms with van der Waals surface area (Å²) >= 11 is 0.